The van der Waals surface area contributed by atoms with Crippen LogP contribution in [0.25, 0.3) is 11.1 Å². The third-order valence-electron chi connectivity index (χ3n) is 6.30. The molecular weight excluding hydrogens is 396 g/mol. The molecule has 8 heteroatoms. The lowest BCUT2D eigenvalue weighted by molar-refractivity contribution is -0.131. The Morgan fingerprint density at radius 1 is 1.19 bits per heavy atom. The topological polar surface area (TPSA) is 80.8 Å². The molecular formula is C23H26N4O4. The molecule has 0 radical (unpaired) electrons. The van der Waals surface area contributed by atoms with E-state index in [0.29, 0.717) is 24.9 Å². The fraction of sp³-hybridized carbons (Fsp3) is 0.435. The molecule has 0 bridgehead atoms. The molecule has 162 valence electrons. The number of aromatic nitrogens is 2. The lowest BCUT2D eigenvalue weighted by Crippen LogP contribution is -2.45. The van der Waals surface area contributed by atoms with Crippen molar-refractivity contribution in [3.8, 4) is 5.75 Å². The van der Waals surface area contributed by atoms with E-state index in [2.05, 4.69) is 4.98 Å². The number of benzene rings is 1. The summed E-state index contributed by atoms with van der Waals surface area (Å²) in [5.41, 5.74) is 2.28. The summed E-state index contributed by atoms with van der Waals surface area (Å²) in [7, 11) is 1.74. The molecule has 0 saturated carbocycles. The summed E-state index contributed by atoms with van der Waals surface area (Å²) in [6.07, 6.45) is 2.34. The number of fused-ring (bicyclic) bond motifs is 1. The Morgan fingerprint density at radius 3 is 2.84 bits per heavy atom. The number of hydrogen-bond donors (Lipinski definition) is 0. The summed E-state index contributed by atoms with van der Waals surface area (Å²) in [5, 5.41) is 0. The zero-order valence-electron chi connectivity index (χ0n) is 17.8. The van der Waals surface area contributed by atoms with E-state index < -0.39 is 0 Å². The molecule has 1 aromatic carbocycles. The fourth-order valence-corrected chi connectivity index (χ4v) is 4.47. The summed E-state index contributed by atoms with van der Waals surface area (Å²) in [6.45, 7) is 3.79. The molecule has 0 N–H and O–H groups in total. The molecule has 3 aromatic rings. The number of amides is 1. The van der Waals surface area contributed by atoms with Gasteiger partial charge in [-0.1, -0.05) is 12.1 Å². The predicted molar refractivity (Wildman–Crippen MR) is 116 cm³/mol. The van der Waals surface area contributed by atoms with Gasteiger partial charge in [-0.25, -0.2) is 0 Å². The first-order valence-corrected chi connectivity index (χ1v) is 10.7. The van der Waals surface area contributed by atoms with Gasteiger partial charge in [-0.05, 0) is 38.0 Å². The highest BCUT2D eigenvalue weighted by molar-refractivity contribution is 5.86. The van der Waals surface area contributed by atoms with Gasteiger partial charge in [0.25, 0.3) is 11.6 Å². The van der Waals surface area contributed by atoms with Gasteiger partial charge in [-0.15, -0.1) is 0 Å². The second-order valence-electron chi connectivity index (χ2n) is 8.36. The molecule has 4 heterocycles. The van der Waals surface area contributed by atoms with Crippen LogP contribution in [-0.2, 0) is 11.8 Å². The number of carbonyl (C=O) groups excluding carboxylic acids is 1. The molecule has 2 aliphatic heterocycles. The van der Waals surface area contributed by atoms with E-state index in [1.54, 1.807) is 11.6 Å². The van der Waals surface area contributed by atoms with Crippen molar-refractivity contribution in [3.63, 3.8) is 0 Å². The average molecular weight is 422 g/mol. The summed E-state index contributed by atoms with van der Waals surface area (Å²) >= 11 is 0. The molecule has 2 aliphatic rings. The number of nitrogens with zero attached hydrogens (tertiary/aromatic N) is 4. The first-order valence-electron chi connectivity index (χ1n) is 10.7. The van der Waals surface area contributed by atoms with Crippen LogP contribution in [-0.4, -0.2) is 52.1 Å². The van der Waals surface area contributed by atoms with E-state index in [0.717, 1.165) is 42.6 Å². The molecule has 2 fully saturated rings. The van der Waals surface area contributed by atoms with Gasteiger partial charge in [0, 0.05) is 38.3 Å². The summed E-state index contributed by atoms with van der Waals surface area (Å²) in [5.74, 6) is 0.653. The number of likely N-dealkylation sites (tertiary alicyclic amines) is 1. The minimum absolute atomic E-state index is 0.0889. The Balaban J connectivity index is 1.27. The molecule has 2 atom stereocenters. The second kappa shape index (κ2) is 7.76. The number of carbonyl (C=O) groups is 1. The minimum atomic E-state index is -0.266. The van der Waals surface area contributed by atoms with Gasteiger partial charge in [0.05, 0.1) is 6.54 Å². The van der Waals surface area contributed by atoms with Crippen molar-refractivity contribution in [1.82, 2.24) is 14.5 Å². The van der Waals surface area contributed by atoms with Crippen molar-refractivity contribution < 1.29 is 13.9 Å². The maximum absolute atomic E-state index is 13.3. The number of oxazole rings is 1. The molecule has 2 aromatic heterocycles. The first kappa shape index (κ1) is 19.7. The van der Waals surface area contributed by atoms with E-state index in [1.807, 2.05) is 47.1 Å². The molecule has 0 spiro atoms. The van der Waals surface area contributed by atoms with Crippen LogP contribution in [0, 0.1) is 6.92 Å². The van der Waals surface area contributed by atoms with Gasteiger partial charge in [0.1, 0.15) is 23.4 Å². The molecule has 1 amide bonds. The number of para-hydroxylation sites is 2. The fourth-order valence-electron chi connectivity index (χ4n) is 4.47. The zero-order chi connectivity index (χ0) is 21.5. The van der Waals surface area contributed by atoms with Gasteiger partial charge in [0.2, 0.25) is 5.91 Å². The van der Waals surface area contributed by atoms with Crippen LogP contribution >= 0.6 is 0 Å². The lowest BCUT2D eigenvalue weighted by atomic mass is 10.2. The normalized spacial score (nSPS) is 21.2. The number of ether oxygens (including phenoxy) is 1. The predicted octanol–water partition coefficient (Wildman–Crippen LogP) is 2.48. The van der Waals surface area contributed by atoms with E-state index in [-0.39, 0.29) is 23.6 Å². The molecule has 2 unspecified atom stereocenters. The monoisotopic (exact) mass is 422 g/mol. The van der Waals surface area contributed by atoms with Gasteiger partial charge in [-0.3, -0.25) is 9.59 Å². The quantitative estimate of drug-likeness (QED) is 0.643. The molecule has 5 rings (SSSR count). The van der Waals surface area contributed by atoms with Gasteiger partial charge in [0.15, 0.2) is 5.58 Å². The maximum Gasteiger partial charge on any atom is 0.299 e. The van der Waals surface area contributed by atoms with E-state index >= 15 is 0 Å². The third-order valence-corrected chi connectivity index (χ3v) is 6.30. The molecule has 8 nitrogen and oxygen atoms in total. The molecule has 0 aliphatic carbocycles. The van der Waals surface area contributed by atoms with Crippen LogP contribution < -0.4 is 15.2 Å². The summed E-state index contributed by atoms with van der Waals surface area (Å²) in [4.78, 5) is 33.8. The van der Waals surface area contributed by atoms with Crippen molar-refractivity contribution in [2.24, 2.45) is 7.05 Å². The van der Waals surface area contributed by atoms with Crippen LogP contribution in [0.2, 0.25) is 0 Å². The van der Waals surface area contributed by atoms with E-state index in [1.165, 1.54) is 6.07 Å². The van der Waals surface area contributed by atoms with Crippen LogP contribution in [0.15, 0.2) is 45.6 Å². The second-order valence-corrected chi connectivity index (χ2v) is 8.36. The average Bonchev–Trinajstić information content (AvgIpc) is 3.49. The van der Waals surface area contributed by atoms with Crippen molar-refractivity contribution in [3.05, 3.63) is 52.4 Å². The van der Waals surface area contributed by atoms with Crippen molar-refractivity contribution in [2.45, 2.75) is 38.3 Å². The Bertz CT molecular complexity index is 1150. The number of pyridine rings is 1. The van der Waals surface area contributed by atoms with E-state index in [9.17, 15) is 9.59 Å². The highest BCUT2D eigenvalue weighted by atomic mass is 16.5. The summed E-state index contributed by atoms with van der Waals surface area (Å²) in [6, 6.07) is 11.3. The van der Waals surface area contributed by atoms with E-state index in [4.69, 9.17) is 9.15 Å². The standard InChI is InChI=1S/C23H26N4O4/c1-15-12-17(13-21(28)25(15)2)30-16-9-11-26(14-16)22(29)19-7-5-10-27(19)23-24-18-6-3-4-8-20(18)31-23/h3-4,6,8,12-13,16,19H,5,7,9-11,14H2,1-2H3. The first-order chi connectivity index (χ1) is 15.0. The SMILES string of the molecule is Cc1cc(OC2CCN(C(=O)C3CCCN3c3nc4ccccc4o3)C2)cc(=O)n1C. The van der Waals surface area contributed by atoms with Crippen LogP contribution in [0.5, 0.6) is 5.75 Å². The Kier molecular flexibility index (Phi) is 4.92. The van der Waals surface area contributed by atoms with Crippen molar-refractivity contribution in [1.29, 1.82) is 0 Å². The third kappa shape index (κ3) is 3.66. The number of aryl methyl sites for hydroxylation is 1. The maximum atomic E-state index is 13.3. The van der Waals surface area contributed by atoms with Crippen LogP contribution in [0.4, 0.5) is 6.01 Å². The Morgan fingerprint density at radius 2 is 2.03 bits per heavy atom. The van der Waals surface area contributed by atoms with Crippen LogP contribution in [0.3, 0.4) is 0 Å². The number of rotatable bonds is 4. The number of anilines is 1. The summed E-state index contributed by atoms with van der Waals surface area (Å²) < 4.78 is 13.5. The Hall–Kier alpha value is -3.29. The number of hydrogen-bond acceptors (Lipinski definition) is 6. The largest absolute Gasteiger partial charge is 0.488 e. The highest BCUT2D eigenvalue weighted by Gasteiger charge is 2.39. The van der Waals surface area contributed by atoms with Crippen molar-refractivity contribution in [2.75, 3.05) is 24.5 Å². The zero-order valence-corrected chi connectivity index (χ0v) is 17.8. The minimum Gasteiger partial charge on any atom is -0.488 e. The molecule has 31 heavy (non-hydrogen) atoms. The highest BCUT2D eigenvalue weighted by Crippen LogP contribution is 2.30. The van der Waals surface area contributed by atoms with Gasteiger partial charge < -0.3 is 23.5 Å². The van der Waals surface area contributed by atoms with Gasteiger partial charge in [-0.2, -0.15) is 4.98 Å². The van der Waals surface area contributed by atoms with Crippen molar-refractivity contribution >= 4 is 23.0 Å². The molecule has 2 saturated heterocycles. The van der Waals surface area contributed by atoms with Gasteiger partial charge >= 0.3 is 0 Å². The Labute approximate surface area is 180 Å². The smallest absolute Gasteiger partial charge is 0.299 e. The van der Waals surface area contributed by atoms with Crippen LogP contribution in [0.1, 0.15) is 25.0 Å². The lowest BCUT2D eigenvalue weighted by Gasteiger charge is -2.26.